The topological polar surface area (TPSA) is 98.2 Å². The summed E-state index contributed by atoms with van der Waals surface area (Å²) in [5.41, 5.74) is 3.79. The second-order valence-corrected chi connectivity index (χ2v) is 12.3. The van der Waals surface area contributed by atoms with Crippen LogP contribution in [0.4, 0.5) is 5.13 Å². The zero-order valence-corrected chi connectivity index (χ0v) is 26.2. The van der Waals surface area contributed by atoms with Gasteiger partial charge in [-0.2, -0.15) is 0 Å². The van der Waals surface area contributed by atoms with E-state index in [0.717, 1.165) is 46.4 Å². The number of aliphatic hydroxyl groups excluding tert-OH is 1. The number of nitrogens with zero attached hydrogens (tertiary/aromatic N) is 2. The molecule has 1 saturated heterocycles. The van der Waals surface area contributed by atoms with Crippen molar-refractivity contribution < 1.29 is 28.9 Å². The fourth-order valence-corrected chi connectivity index (χ4v) is 6.90. The summed E-state index contributed by atoms with van der Waals surface area (Å²) >= 11 is 1.34. The molecule has 3 heterocycles. The number of ether oxygens (including phenoxy) is 3. The van der Waals surface area contributed by atoms with Crippen LogP contribution in [-0.2, 0) is 16.0 Å². The average Bonchev–Trinajstić information content (AvgIpc) is 3.67. The van der Waals surface area contributed by atoms with Crippen molar-refractivity contribution in [3.63, 3.8) is 0 Å². The Balaban J connectivity index is 1.49. The van der Waals surface area contributed by atoms with Crippen molar-refractivity contribution in [1.29, 1.82) is 0 Å². The minimum atomic E-state index is -0.937. The van der Waals surface area contributed by atoms with Crippen molar-refractivity contribution in [2.24, 2.45) is 0 Å². The smallest absolute Gasteiger partial charge is 0.301 e. The predicted octanol–water partition coefficient (Wildman–Crippen LogP) is 7.52. The van der Waals surface area contributed by atoms with E-state index in [4.69, 9.17) is 19.2 Å². The van der Waals surface area contributed by atoms with Crippen molar-refractivity contribution in [2.75, 3.05) is 18.1 Å². The van der Waals surface area contributed by atoms with Gasteiger partial charge in [0.2, 0.25) is 0 Å². The van der Waals surface area contributed by atoms with E-state index in [-0.39, 0.29) is 17.4 Å². The van der Waals surface area contributed by atoms with Gasteiger partial charge in [0.15, 0.2) is 16.6 Å². The lowest BCUT2D eigenvalue weighted by molar-refractivity contribution is -0.132. The summed E-state index contributed by atoms with van der Waals surface area (Å²) in [7, 11) is 0. The number of carbonyl (C=O) groups is 2. The van der Waals surface area contributed by atoms with Gasteiger partial charge in [-0.3, -0.25) is 14.5 Å². The molecule has 1 N–H and O–H groups in total. The van der Waals surface area contributed by atoms with Crippen molar-refractivity contribution in [3.05, 3.63) is 82.4 Å². The normalized spacial score (nSPS) is 19.0. The maximum atomic E-state index is 13.8. The number of ketones is 1. The van der Waals surface area contributed by atoms with Crippen molar-refractivity contribution >= 4 is 44.1 Å². The van der Waals surface area contributed by atoms with E-state index >= 15 is 0 Å². The summed E-state index contributed by atoms with van der Waals surface area (Å²) in [5, 5.41) is 12.1. The average molecular weight is 613 g/mol. The van der Waals surface area contributed by atoms with Crippen LogP contribution in [0.5, 0.6) is 17.2 Å². The molecule has 228 valence electrons. The molecule has 44 heavy (non-hydrogen) atoms. The Morgan fingerprint density at radius 2 is 1.89 bits per heavy atom. The molecular formula is C35H36N2O6S. The highest BCUT2D eigenvalue weighted by molar-refractivity contribution is 7.22. The van der Waals surface area contributed by atoms with Crippen LogP contribution in [0.15, 0.2) is 60.2 Å². The zero-order chi connectivity index (χ0) is 31.0. The van der Waals surface area contributed by atoms with E-state index in [1.807, 2.05) is 57.2 Å². The quantitative estimate of drug-likeness (QED) is 0.0856. The Morgan fingerprint density at radius 1 is 1.05 bits per heavy atom. The van der Waals surface area contributed by atoms with E-state index in [1.165, 1.54) is 16.2 Å². The SMILES string of the molecule is CCCCCOc1ccc([C@@H]2/C(=C(\O)c3ccc4c(c3)C[C@@H](C)O4)C(=O)C(=O)N2c2nc3ccc(C)cc3s2)cc1OCC. The van der Waals surface area contributed by atoms with E-state index in [1.54, 1.807) is 18.2 Å². The molecule has 0 unspecified atom stereocenters. The van der Waals surface area contributed by atoms with Gasteiger partial charge in [-0.1, -0.05) is 43.2 Å². The molecule has 2 aliphatic heterocycles. The number of amides is 1. The highest BCUT2D eigenvalue weighted by Gasteiger charge is 2.48. The van der Waals surface area contributed by atoms with Crippen molar-refractivity contribution in [2.45, 2.75) is 65.5 Å². The van der Waals surface area contributed by atoms with Gasteiger partial charge in [-0.05, 0) is 86.3 Å². The van der Waals surface area contributed by atoms with Crippen LogP contribution in [0.3, 0.4) is 0 Å². The molecule has 9 heteroatoms. The molecule has 2 aliphatic rings. The molecule has 0 bridgehead atoms. The molecule has 0 aliphatic carbocycles. The number of aryl methyl sites for hydroxylation is 1. The highest BCUT2D eigenvalue weighted by atomic mass is 32.1. The molecule has 3 aromatic carbocycles. The predicted molar refractivity (Wildman–Crippen MR) is 172 cm³/mol. The number of rotatable bonds is 10. The number of aliphatic hydroxyl groups is 1. The second-order valence-electron chi connectivity index (χ2n) is 11.3. The number of fused-ring (bicyclic) bond motifs is 2. The Bertz CT molecular complexity index is 1780. The second kappa shape index (κ2) is 12.3. The third-order valence-corrected chi connectivity index (χ3v) is 8.96. The first-order valence-electron chi connectivity index (χ1n) is 15.2. The monoisotopic (exact) mass is 612 g/mol. The molecule has 6 rings (SSSR count). The third kappa shape index (κ3) is 5.52. The van der Waals surface area contributed by atoms with Gasteiger partial charge < -0.3 is 19.3 Å². The number of hydrogen-bond donors (Lipinski definition) is 1. The van der Waals surface area contributed by atoms with Crippen LogP contribution in [0.1, 0.15) is 68.3 Å². The summed E-state index contributed by atoms with van der Waals surface area (Å²) in [5.74, 6) is 0.0939. The first-order valence-corrected chi connectivity index (χ1v) is 16.0. The number of Topliss-reactive ketones (excluding diaryl/α,β-unsaturated/α-hetero) is 1. The molecule has 0 spiro atoms. The van der Waals surface area contributed by atoms with Crippen molar-refractivity contribution in [3.8, 4) is 17.2 Å². The number of hydrogen-bond acceptors (Lipinski definition) is 8. The number of carbonyl (C=O) groups excluding carboxylic acids is 2. The lowest BCUT2D eigenvalue weighted by Gasteiger charge is -2.24. The Morgan fingerprint density at radius 3 is 2.68 bits per heavy atom. The summed E-state index contributed by atoms with van der Waals surface area (Å²) in [6.45, 7) is 8.97. The van der Waals surface area contributed by atoms with E-state index in [2.05, 4.69) is 6.92 Å². The number of thiazole rings is 1. The molecule has 1 fully saturated rings. The van der Waals surface area contributed by atoms with Gasteiger partial charge in [0.25, 0.3) is 5.78 Å². The Kier molecular flexibility index (Phi) is 8.31. The lowest BCUT2D eigenvalue weighted by atomic mass is 9.94. The van der Waals surface area contributed by atoms with Gasteiger partial charge in [-0.15, -0.1) is 0 Å². The van der Waals surface area contributed by atoms with E-state index in [9.17, 15) is 14.7 Å². The van der Waals surface area contributed by atoms with Gasteiger partial charge in [0.05, 0.1) is 35.0 Å². The van der Waals surface area contributed by atoms with E-state index < -0.39 is 17.7 Å². The number of anilines is 1. The third-order valence-electron chi connectivity index (χ3n) is 7.94. The first kappa shape index (κ1) is 29.7. The molecule has 8 nitrogen and oxygen atoms in total. The highest BCUT2D eigenvalue weighted by Crippen LogP contribution is 2.46. The van der Waals surface area contributed by atoms with Gasteiger partial charge >= 0.3 is 5.91 Å². The largest absolute Gasteiger partial charge is 0.507 e. The zero-order valence-electron chi connectivity index (χ0n) is 25.4. The van der Waals surface area contributed by atoms with Crippen LogP contribution in [-0.4, -0.2) is 41.1 Å². The minimum absolute atomic E-state index is 0.00332. The molecule has 2 atom stereocenters. The minimum Gasteiger partial charge on any atom is -0.507 e. The van der Waals surface area contributed by atoms with Gasteiger partial charge in [0.1, 0.15) is 17.6 Å². The van der Waals surface area contributed by atoms with Crippen LogP contribution >= 0.6 is 11.3 Å². The number of unbranched alkanes of at least 4 members (excludes halogenated alkanes) is 2. The van der Waals surface area contributed by atoms with Crippen LogP contribution in [0, 0.1) is 6.92 Å². The summed E-state index contributed by atoms with van der Waals surface area (Å²) < 4.78 is 18.8. The maximum absolute atomic E-state index is 13.8. The number of aromatic nitrogens is 1. The van der Waals surface area contributed by atoms with Crippen LogP contribution in [0.25, 0.3) is 16.0 Å². The first-order chi connectivity index (χ1) is 21.3. The van der Waals surface area contributed by atoms with Crippen LogP contribution < -0.4 is 19.1 Å². The van der Waals surface area contributed by atoms with Crippen molar-refractivity contribution in [1.82, 2.24) is 4.98 Å². The Labute approximate surface area is 260 Å². The molecule has 1 aromatic heterocycles. The van der Waals surface area contributed by atoms with Crippen LogP contribution in [0.2, 0.25) is 0 Å². The summed E-state index contributed by atoms with van der Waals surface area (Å²) in [6, 6.07) is 15.7. The summed E-state index contributed by atoms with van der Waals surface area (Å²) in [6.07, 6.45) is 3.78. The molecule has 0 saturated carbocycles. The Hall–Kier alpha value is -4.37. The van der Waals surface area contributed by atoms with E-state index in [0.29, 0.717) is 47.4 Å². The molecule has 4 aromatic rings. The standard InChI is InChI=1S/C35H36N2O6S/c1-5-7-8-15-42-27-14-10-22(19-28(27)41-6-2)31-30(32(38)23-11-13-26-24(18-23)17-21(4)43-26)33(39)34(40)37(31)35-36-25-12-9-20(3)16-29(25)44-35/h9-14,16,18-19,21,31,38H,5-8,15,17H2,1-4H3/b32-30+/t21-,31-/m1/s1. The number of benzene rings is 3. The molecule has 1 amide bonds. The maximum Gasteiger partial charge on any atom is 0.301 e. The fraction of sp³-hybridized carbons (Fsp3) is 0.343. The molecular weight excluding hydrogens is 576 g/mol. The molecule has 0 radical (unpaired) electrons. The lowest BCUT2D eigenvalue weighted by Crippen LogP contribution is -2.29. The van der Waals surface area contributed by atoms with Gasteiger partial charge in [0, 0.05) is 12.0 Å². The van der Waals surface area contributed by atoms with Gasteiger partial charge in [-0.25, -0.2) is 4.98 Å². The summed E-state index contributed by atoms with van der Waals surface area (Å²) in [4.78, 5) is 33.8. The fourth-order valence-electron chi connectivity index (χ4n) is 5.81.